The summed E-state index contributed by atoms with van der Waals surface area (Å²) < 4.78 is 15.4. The summed E-state index contributed by atoms with van der Waals surface area (Å²) in [6.07, 6.45) is 1.08. The van der Waals surface area contributed by atoms with Crippen LogP contribution in [-0.2, 0) is 23.8 Å². The number of nitrogens with zero attached hydrogens (tertiary/aromatic N) is 2. The van der Waals surface area contributed by atoms with E-state index in [-0.39, 0.29) is 24.9 Å². The van der Waals surface area contributed by atoms with Crippen molar-refractivity contribution in [3.63, 3.8) is 0 Å². The topological polar surface area (TPSA) is 130 Å². The van der Waals surface area contributed by atoms with Crippen LogP contribution in [0.5, 0.6) is 0 Å². The molecule has 0 unspecified atom stereocenters. The standard InChI is InChI=1S/C10H17NO4.C9H16N2O2.C4H9NO.ClH/c1-10(2,3)15-9(14)11-5-4-7(6-11)8(12)13;12-9(8-1-2-10-7-8)11-3-5-13-6-4-11;1-3-6-4-2-5-1;/h7H,4-6H2,1-3H3,(H,12,13);8,10H,1-7H2;5H,1-4H2;1H/t7-;8-;;/m00../s1. The molecule has 0 aromatic carbocycles. The molecular weight excluding hydrogens is 480 g/mol. The van der Waals surface area contributed by atoms with Gasteiger partial charge in [0.25, 0.3) is 0 Å². The fourth-order valence-corrected chi connectivity index (χ4v) is 3.88. The van der Waals surface area contributed by atoms with Gasteiger partial charge in [-0.05, 0) is 40.2 Å². The maximum atomic E-state index is 11.8. The second kappa shape index (κ2) is 16.2. The van der Waals surface area contributed by atoms with Crippen molar-refractivity contribution in [1.29, 1.82) is 0 Å². The lowest BCUT2D eigenvalue weighted by Gasteiger charge is -2.28. The number of ether oxygens (including phenoxy) is 3. The first-order chi connectivity index (χ1) is 16.2. The zero-order chi connectivity index (χ0) is 25.0. The van der Waals surface area contributed by atoms with Gasteiger partial charge in [0.05, 0.1) is 38.3 Å². The fourth-order valence-electron chi connectivity index (χ4n) is 3.88. The van der Waals surface area contributed by atoms with E-state index < -0.39 is 23.6 Å². The lowest BCUT2D eigenvalue weighted by Crippen LogP contribution is -2.44. The molecule has 2 amide bonds. The summed E-state index contributed by atoms with van der Waals surface area (Å²) in [6, 6.07) is 0. The summed E-state index contributed by atoms with van der Waals surface area (Å²) in [7, 11) is 0. The number of halogens is 1. The van der Waals surface area contributed by atoms with Crippen molar-refractivity contribution in [2.24, 2.45) is 11.8 Å². The Kier molecular flexibility index (Phi) is 14.5. The Bertz CT molecular complexity index is 635. The molecule has 204 valence electrons. The Balaban J connectivity index is 0.000000279. The van der Waals surface area contributed by atoms with Crippen LogP contribution in [0.1, 0.15) is 33.6 Å². The van der Waals surface area contributed by atoms with Crippen LogP contribution in [0.2, 0.25) is 0 Å². The summed E-state index contributed by atoms with van der Waals surface area (Å²) in [4.78, 5) is 37.4. The minimum absolute atomic E-state index is 0. The molecule has 4 aliphatic rings. The molecule has 0 aromatic heterocycles. The van der Waals surface area contributed by atoms with Gasteiger partial charge in [-0.3, -0.25) is 9.59 Å². The molecule has 4 aliphatic heterocycles. The van der Waals surface area contributed by atoms with Crippen molar-refractivity contribution >= 4 is 30.4 Å². The maximum absolute atomic E-state index is 11.8. The number of hydrogen-bond donors (Lipinski definition) is 3. The zero-order valence-corrected chi connectivity index (χ0v) is 22.1. The molecule has 11 nitrogen and oxygen atoms in total. The van der Waals surface area contributed by atoms with E-state index in [0.717, 1.165) is 58.9 Å². The van der Waals surface area contributed by atoms with Crippen molar-refractivity contribution < 1.29 is 33.7 Å². The van der Waals surface area contributed by atoms with E-state index in [1.807, 2.05) is 4.90 Å². The molecule has 4 saturated heterocycles. The summed E-state index contributed by atoms with van der Waals surface area (Å²) in [5.74, 6) is -0.759. The highest BCUT2D eigenvalue weighted by Gasteiger charge is 2.33. The number of amides is 2. The van der Waals surface area contributed by atoms with Gasteiger partial charge in [0.15, 0.2) is 0 Å². The highest BCUT2D eigenvalue weighted by molar-refractivity contribution is 5.85. The lowest BCUT2D eigenvalue weighted by molar-refractivity contribution is -0.141. The van der Waals surface area contributed by atoms with Gasteiger partial charge in [-0.25, -0.2) is 4.79 Å². The van der Waals surface area contributed by atoms with E-state index in [9.17, 15) is 14.4 Å². The fraction of sp³-hybridized carbons (Fsp3) is 0.870. The van der Waals surface area contributed by atoms with Gasteiger partial charge in [-0.1, -0.05) is 0 Å². The van der Waals surface area contributed by atoms with E-state index in [2.05, 4.69) is 10.6 Å². The van der Waals surface area contributed by atoms with Crippen molar-refractivity contribution in [2.75, 3.05) is 78.8 Å². The van der Waals surface area contributed by atoms with E-state index >= 15 is 0 Å². The van der Waals surface area contributed by atoms with E-state index in [4.69, 9.17) is 19.3 Å². The van der Waals surface area contributed by atoms with Crippen LogP contribution in [0, 0.1) is 11.8 Å². The molecule has 4 heterocycles. The number of carbonyl (C=O) groups excluding carboxylic acids is 2. The van der Waals surface area contributed by atoms with Gasteiger partial charge in [-0.15, -0.1) is 12.4 Å². The number of carboxylic acid groups (broad SMARTS) is 1. The number of carboxylic acids is 1. The smallest absolute Gasteiger partial charge is 0.410 e. The first-order valence-corrected chi connectivity index (χ1v) is 12.2. The molecule has 3 N–H and O–H groups in total. The Morgan fingerprint density at radius 3 is 1.91 bits per heavy atom. The van der Waals surface area contributed by atoms with Crippen LogP contribution >= 0.6 is 12.4 Å². The first-order valence-electron chi connectivity index (χ1n) is 12.2. The molecule has 4 fully saturated rings. The third-order valence-corrected chi connectivity index (χ3v) is 5.77. The van der Waals surface area contributed by atoms with Crippen molar-refractivity contribution in [1.82, 2.24) is 20.4 Å². The van der Waals surface area contributed by atoms with Gasteiger partial charge in [0.2, 0.25) is 5.91 Å². The number of hydrogen-bond acceptors (Lipinski definition) is 8. The van der Waals surface area contributed by atoms with Crippen LogP contribution < -0.4 is 10.6 Å². The minimum atomic E-state index is -0.846. The predicted octanol–water partition coefficient (Wildman–Crippen LogP) is 0.811. The Labute approximate surface area is 214 Å². The van der Waals surface area contributed by atoms with Crippen LogP contribution in [-0.4, -0.2) is 117 Å². The molecule has 0 saturated carbocycles. The number of carbonyl (C=O) groups is 3. The van der Waals surface area contributed by atoms with Crippen molar-refractivity contribution in [3.05, 3.63) is 0 Å². The molecule has 0 spiro atoms. The second-order valence-corrected chi connectivity index (χ2v) is 9.74. The molecule has 35 heavy (non-hydrogen) atoms. The van der Waals surface area contributed by atoms with Crippen LogP contribution in [0.25, 0.3) is 0 Å². The predicted molar refractivity (Wildman–Crippen MR) is 133 cm³/mol. The van der Waals surface area contributed by atoms with Crippen molar-refractivity contribution in [3.8, 4) is 0 Å². The first kappa shape index (κ1) is 31.4. The monoisotopic (exact) mass is 522 g/mol. The molecule has 0 aliphatic carbocycles. The Morgan fingerprint density at radius 1 is 0.857 bits per heavy atom. The quantitative estimate of drug-likeness (QED) is 0.482. The molecule has 0 radical (unpaired) electrons. The average Bonchev–Trinajstić information content (AvgIpc) is 3.53. The second-order valence-electron chi connectivity index (χ2n) is 9.74. The summed E-state index contributed by atoms with van der Waals surface area (Å²) in [6.45, 7) is 14.7. The van der Waals surface area contributed by atoms with E-state index in [1.54, 1.807) is 20.8 Å². The number of likely N-dealkylation sites (tertiary alicyclic amines) is 1. The largest absolute Gasteiger partial charge is 0.481 e. The van der Waals surface area contributed by atoms with E-state index in [1.165, 1.54) is 4.90 Å². The highest BCUT2D eigenvalue weighted by Crippen LogP contribution is 2.19. The third-order valence-electron chi connectivity index (χ3n) is 5.77. The van der Waals surface area contributed by atoms with Gasteiger partial charge in [0.1, 0.15) is 5.60 Å². The summed E-state index contributed by atoms with van der Waals surface area (Å²) >= 11 is 0. The van der Waals surface area contributed by atoms with Gasteiger partial charge < -0.3 is 39.8 Å². The Morgan fingerprint density at radius 2 is 1.49 bits per heavy atom. The SMILES string of the molecule is C1COCCN1.CC(C)(C)OC(=O)N1CC[C@H](C(=O)O)C1.Cl.O=C([C@H]1CCNC1)N1CCOCC1. The normalized spacial score (nSPS) is 24.2. The van der Waals surface area contributed by atoms with E-state index in [0.29, 0.717) is 32.1 Å². The minimum Gasteiger partial charge on any atom is -0.481 e. The number of aliphatic carboxylic acids is 1. The van der Waals surface area contributed by atoms with Crippen molar-refractivity contribution in [2.45, 2.75) is 39.2 Å². The third kappa shape index (κ3) is 12.2. The maximum Gasteiger partial charge on any atom is 0.410 e. The van der Waals surface area contributed by atoms with Gasteiger partial charge in [-0.2, -0.15) is 0 Å². The molecule has 12 heteroatoms. The highest BCUT2D eigenvalue weighted by atomic mass is 35.5. The molecule has 4 rings (SSSR count). The molecular formula is C23H43ClN4O7. The Hall–Kier alpha value is -1.66. The molecule has 2 atom stereocenters. The number of morpholine rings is 2. The van der Waals surface area contributed by atoms with Crippen LogP contribution in [0.15, 0.2) is 0 Å². The summed E-state index contributed by atoms with van der Waals surface area (Å²) in [5.41, 5.74) is -0.529. The molecule has 0 aromatic rings. The number of rotatable bonds is 2. The average molecular weight is 523 g/mol. The summed E-state index contributed by atoms with van der Waals surface area (Å²) in [5, 5.41) is 15.1. The zero-order valence-electron chi connectivity index (χ0n) is 21.3. The van der Waals surface area contributed by atoms with Crippen LogP contribution in [0.3, 0.4) is 0 Å². The van der Waals surface area contributed by atoms with Gasteiger partial charge in [0, 0.05) is 45.8 Å². The van der Waals surface area contributed by atoms with Gasteiger partial charge >= 0.3 is 12.1 Å². The molecule has 0 bridgehead atoms. The van der Waals surface area contributed by atoms with Crippen LogP contribution in [0.4, 0.5) is 4.79 Å². The lowest BCUT2D eigenvalue weighted by atomic mass is 10.1. The number of nitrogens with one attached hydrogen (secondary N) is 2.